The maximum absolute atomic E-state index is 13.5. The lowest BCUT2D eigenvalue weighted by Crippen LogP contribution is -2.36. The highest BCUT2D eigenvalue weighted by Crippen LogP contribution is 2.31. The van der Waals surface area contributed by atoms with Crippen molar-refractivity contribution in [3.8, 4) is 0 Å². The Morgan fingerprint density at radius 2 is 1.91 bits per heavy atom. The van der Waals surface area contributed by atoms with Crippen LogP contribution in [0.25, 0.3) is 10.9 Å². The number of hydrogen-bond donors (Lipinski definition) is 1. The molecule has 1 aliphatic rings. The maximum Gasteiger partial charge on any atom is 0.243 e. The zero-order valence-corrected chi connectivity index (χ0v) is 18.2. The van der Waals surface area contributed by atoms with Gasteiger partial charge in [0.25, 0.3) is 0 Å². The van der Waals surface area contributed by atoms with Crippen molar-refractivity contribution in [2.24, 2.45) is 0 Å². The first-order valence-corrected chi connectivity index (χ1v) is 11.7. The Balaban J connectivity index is 1.43. The molecule has 0 radical (unpaired) electrons. The van der Waals surface area contributed by atoms with Gasteiger partial charge in [-0.2, -0.15) is 4.31 Å². The third-order valence-corrected chi connectivity index (χ3v) is 7.72. The Labute approximate surface area is 185 Å². The molecule has 4 aromatic rings. The van der Waals surface area contributed by atoms with Crippen LogP contribution in [0.3, 0.4) is 0 Å². The van der Waals surface area contributed by atoms with Crippen LogP contribution in [0, 0.1) is 12.7 Å². The summed E-state index contributed by atoms with van der Waals surface area (Å²) in [5.41, 5.74) is 4.02. The number of aromatic nitrogens is 2. The summed E-state index contributed by atoms with van der Waals surface area (Å²) in [5, 5.41) is 4.36. The molecular formula is C24H21FN4O2S. The summed E-state index contributed by atoms with van der Waals surface area (Å²) < 4.78 is 41.3. The second-order valence-electron chi connectivity index (χ2n) is 7.84. The molecule has 1 aliphatic heterocycles. The predicted molar refractivity (Wildman–Crippen MR) is 122 cm³/mol. The van der Waals surface area contributed by atoms with Crippen molar-refractivity contribution in [1.82, 2.24) is 14.3 Å². The SMILES string of the molecule is Cc1cc(F)ccc1S(=O)(=O)N1CCc2c(ccnc2Nc2cnc3ccccc3c2)C1. The lowest BCUT2D eigenvalue weighted by Gasteiger charge is -2.29. The van der Waals surface area contributed by atoms with Crippen LogP contribution >= 0.6 is 0 Å². The van der Waals surface area contributed by atoms with Gasteiger partial charge in [0.1, 0.15) is 11.6 Å². The highest BCUT2D eigenvalue weighted by Gasteiger charge is 2.30. The lowest BCUT2D eigenvalue weighted by atomic mass is 10.0. The molecule has 0 unspecified atom stereocenters. The van der Waals surface area contributed by atoms with E-state index in [-0.39, 0.29) is 11.4 Å². The Hall–Kier alpha value is -3.36. The minimum Gasteiger partial charge on any atom is -0.339 e. The van der Waals surface area contributed by atoms with Crippen LogP contribution in [-0.2, 0) is 23.0 Å². The van der Waals surface area contributed by atoms with E-state index in [1.54, 1.807) is 19.3 Å². The molecule has 5 rings (SSSR count). The molecule has 2 aromatic carbocycles. The molecule has 0 spiro atoms. The molecule has 1 N–H and O–H groups in total. The van der Waals surface area contributed by atoms with E-state index in [0.717, 1.165) is 27.7 Å². The molecule has 0 aliphatic carbocycles. The second-order valence-corrected chi connectivity index (χ2v) is 9.74. The van der Waals surface area contributed by atoms with Crippen LogP contribution in [0.1, 0.15) is 16.7 Å². The number of aryl methyl sites for hydroxylation is 1. The van der Waals surface area contributed by atoms with Crippen molar-refractivity contribution >= 4 is 32.4 Å². The third-order valence-electron chi connectivity index (χ3n) is 5.72. The van der Waals surface area contributed by atoms with Gasteiger partial charge in [0.15, 0.2) is 0 Å². The largest absolute Gasteiger partial charge is 0.339 e. The topological polar surface area (TPSA) is 75.2 Å². The smallest absolute Gasteiger partial charge is 0.243 e. The molecule has 0 fully saturated rings. The summed E-state index contributed by atoms with van der Waals surface area (Å²) in [6, 6.07) is 15.5. The maximum atomic E-state index is 13.5. The fourth-order valence-corrected chi connectivity index (χ4v) is 5.72. The van der Waals surface area contributed by atoms with Gasteiger partial charge in [-0.3, -0.25) is 4.98 Å². The van der Waals surface area contributed by atoms with Gasteiger partial charge in [-0.05, 0) is 60.9 Å². The zero-order valence-electron chi connectivity index (χ0n) is 17.4. The number of anilines is 2. The molecule has 0 bridgehead atoms. The fourth-order valence-electron chi connectivity index (χ4n) is 4.10. The van der Waals surface area contributed by atoms with E-state index >= 15 is 0 Å². The highest BCUT2D eigenvalue weighted by molar-refractivity contribution is 7.89. The molecule has 0 saturated heterocycles. The zero-order chi connectivity index (χ0) is 22.3. The van der Waals surface area contributed by atoms with Gasteiger partial charge in [-0.25, -0.2) is 17.8 Å². The van der Waals surface area contributed by atoms with Gasteiger partial charge in [-0.15, -0.1) is 0 Å². The highest BCUT2D eigenvalue weighted by atomic mass is 32.2. The molecule has 3 heterocycles. The van der Waals surface area contributed by atoms with E-state index in [9.17, 15) is 12.8 Å². The number of para-hydroxylation sites is 1. The molecule has 0 amide bonds. The molecule has 2 aromatic heterocycles. The van der Waals surface area contributed by atoms with E-state index in [1.807, 2.05) is 36.4 Å². The quantitative estimate of drug-likeness (QED) is 0.495. The number of nitrogens with one attached hydrogen (secondary N) is 1. The molecule has 6 nitrogen and oxygen atoms in total. The minimum absolute atomic E-state index is 0.136. The lowest BCUT2D eigenvalue weighted by molar-refractivity contribution is 0.391. The Kier molecular flexibility index (Phi) is 5.11. The molecule has 162 valence electrons. The number of hydrogen-bond acceptors (Lipinski definition) is 5. The number of benzene rings is 2. The standard InChI is InChI=1S/C24H21FN4O2S/c1-16-12-19(25)6-7-23(16)32(30,31)29-11-9-21-18(15-29)8-10-26-24(21)28-20-13-17-4-2-3-5-22(17)27-14-20/h2-8,10,12-14H,9,11,15H2,1H3,(H,26,28). The summed E-state index contributed by atoms with van der Waals surface area (Å²) >= 11 is 0. The Morgan fingerprint density at radius 3 is 2.75 bits per heavy atom. The molecular weight excluding hydrogens is 427 g/mol. The van der Waals surface area contributed by atoms with E-state index < -0.39 is 15.8 Å². The van der Waals surface area contributed by atoms with Gasteiger partial charge in [0.2, 0.25) is 10.0 Å². The summed E-state index contributed by atoms with van der Waals surface area (Å²) in [7, 11) is -3.73. The van der Waals surface area contributed by atoms with Crippen molar-refractivity contribution < 1.29 is 12.8 Å². The van der Waals surface area contributed by atoms with Crippen molar-refractivity contribution in [2.75, 3.05) is 11.9 Å². The Bertz CT molecular complexity index is 1440. The van der Waals surface area contributed by atoms with Crippen molar-refractivity contribution in [1.29, 1.82) is 0 Å². The van der Waals surface area contributed by atoms with Crippen molar-refractivity contribution in [3.63, 3.8) is 0 Å². The van der Waals surface area contributed by atoms with E-state index in [1.165, 1.54) is 22.5 Å². The average molecular weight is 449 g/mol. The Morgan fingerprint density at radius 1 is 1.06 bits per heavy atom. The van der Waals surface area contributed by atoms with Gasteiger partial charge < -0.3 is 5.32 Å². The van der Waals surface area contributed by atoms with Crippen molar-refractivity contribution in [3.05, 3.63) is 89.5 Å². The van der Waals surface area contributed by atoms with Crippen LogP contribution < -0.4 is 5.32 Å². The summed E-state index contributed by atoms with van der Waals surface area (Å²) in [6.07, 6.45) is 3.96. The molecule has 0 saturated carbocycles. The fraction of sp³-hybridized carbons (Fsp3) is 0.167. The van der Waals surface area contributed by atoms with Crippen LogP contribution in [0.15, 0.2) is 71.9 Å². The summed E-state index contributed by atoms with van der Waals surface area (Å²) in [5.74, 6) is 0.255. The average Bonchev–Trinajstić information content (AvgIpc) is 2.78. The third kappa shape index (κ3) is 3.72. The van der Waals surface area contributed by atoms with Crippen molar-refractivity contribution in [2.45, 2.75) is 24.8 Å². The van der Waals surface area contributed by atoms with Gasteiger partial charge >= 0.3 is 0 Å². The number of pyridine rings is 2. The first-order valence-electron chi connectivity index (χ1n) is 10.3. The van der Waals surface area contributed by atoms with Gasteiger partial charge in [-0.1, -0.05) is 18.2 Å². The van der Waals surface area contributed by atoms with Gasteiger partial charge in [0, 0.05) is 30.2 Å². The van der Waals surface area contributed by atoms with Crippen LogP contribution in [0.4, 0.5) is 15.9 Å². The second kappa shape index (κ2) is 7.96. The first-order chi connectivity index (χ1) is 15.4. The summed E-state index contributed by atoms with van der Waals surface area (Å²) in [6.45, 7) is 2.17. The monoisotopic (exact) mass is 448 g/mol. The number of fused-ring (bicyclic) bond motifs is 2. The molecule has 32 heavy (non-hydrogen) atoms. The molecule has 8 heteroatoms. The first kappa shape index (κ1) is 20.5. The predicted octanol–water partition coefficient (Wildman–Crippen LogP) is 4.57. The minimum atomic E-state index is -3.73. The van der Waals surface area contributed by atoms with Crippen LogP contribution in [-0.4, -0.2) is 29.2 Å². The van der Waals surface area contributed by atoms with E-state index in [2.05, 4.69) is 15.3 Å². The number of sulfonamides is 1. The number of halogens is 1. The molecule has 0 atom stereocenters. The van der Waals surface area contributed by atoms with Crippen LogP contribution in [0.2, 0.25) is 0 Å². The normalized spacial score (nSPS) is 14.3. The number of nitrogens with zero attached hydrogens (tertiary/aromatic N) is 3. The van der Waals surface area contributed by atoms with Crippen LogP contribution in [0.5, 0.6) is 0 Å². The van der Waals surface area contributed by atoms with E-state index in [4.69, 9.17) is 0 Å². The van der Waals surface area contributed by atoms with Gasteiger partial charge in [0.05, 0.1) is 22.3 Å². The number of rotatable bonds is 4. The summed E-state index contributed by atoms with van der Waals surface area (Å²) in [4.78, 5) is 9.10. The van der Waals surface area contributed by atoms with E-state index in [0.29, 0.717) is 24.3 Å².